The van der Waals surface area contributed by atoms with Gasteiger partial charge >= 0.3 is 0 Å². The molecule has 1 atom stereocenters. The number of rotatable bonds is 4. The summed E-state index contributed by atoms with van der Waals surface area (Å²) >= 11 is 0. The van der Waals surface area contributed by atoms with Gasteiger partial charge in [-0.05, 0) is 39.8 Å². The third-order valence-electron chi connectivity index (χ3n) is 5.06. The zero-order chi connectivity index (χ0) is 16.6. The molecule has 0 aliphatic carbocycles. The maximum atomic E-state index is 10.5. The van der Waals surface area contributed by atoms with Crippen molar-refractivity contribution in [1.82, 2.24) is 10.2 Å². The van der Waals surface area contributed by atoms with Crippen molar-refractivity contribution in [3.8, 4) is 0 Å². The van der Waals surface area contributed by atoms with Crippen molar-refractivity contribution in [1.29, 1.82) is 0 Å². The molecule has 5 nitrogen and oxygen atoms in total. The molecule has 0 aromatic carbocycles. The summed E-state index contributed by atoms with van der Waals surface area (Å²) in [5, 5.41) is 13.9. The number of furan rings is 1. The Balaban J connectivity index is 0.00000264. The third kappa shape index (κ3) is 3.84. The predicted molar refractivity (Wildman–Crippen MR) is 104 cm³/mol. The summed E-state index contributed by atoms with van der Waals surface area (Å²) in [5.41, 5.74) is -0.827. The van der Waals surface area contributed by atoms with Crippen molar-refractivity contribution in [2.24, 2.45) is 10.4 Å². The van der Waals surface area contributed by atoms with Crippen molar-refractivity contribution in [3.05, 3.63) is 24.2 Å². The van der Waals surface area contributed by atoms with Crippen LogP contribution in [0.2, 0.25) is 0 Å². The SMILES string of the molecule is CCNC(=NCC(C)(O)c1ccco1)N1CC(C)(C)C1(C)C.I. The monoisotopic (exact) mass is 435 g/mol. The number of hydrogen-bond donors (Lipinski definition) is 2. The first kappa shape index (κ1) is 20.3. The molecule has 132 valence electrons. The highest BCUT2D eigenvalue weighted by Gasteiger charge is 2.53. The molecule has 2 rings (SSSR count). The molecule has 0 radical (unpaired) electrons. The van der Waals surface area contributed by atoms with E-state index in [2.05, 4.69) is 49.8 Å². The van der Waals surface area contributed by atoms with Gasteiger partial charge < -0.3 is 19.7 Å². The minimum absolute atomic E-state index is 0. The van der Waals surface area contributed by atoms with E-state index in [0.29, 0.717) is 5.76 Å². The van der Waals surface area contributed by atoms with Crippen LogP contribution in [0.4, 0.5) is 0 Å². The van der Waals surface area contributed by atoms with Gasteiger partial charge in [0.2, 0.25) is 0 Å². The van der Waals surface area contributed by atoms with E-state index in [1.807, 2.05) is 0 Å². The molecule has 23 heavy (non-hydrogen) atoms. The number of nitrogens with zero attached hydrogens (tertiary/aromatic N) is 2. The van der Waals surface area contributed by atoms with Crippen molar-refractivity contribution >= 4 is 29.9 Å². The zero-order valence-corrected chi connectivity index (χ0v) is 17.3. The van der Waals surface area contributed by atoms with Crippen LogP contribution in [0.25, 0.3) is 0 Å². The first-order valence-electron chi connectivity index (χ1n) is 7.94. The Kier molecular flexibility index (Phi) is 6.18. The van der Waals surface area contributed by atoms with E-state index >= 15 is 0 Å². The molecule has 6 heteroatoms. The second kappa shape index (κ2) is 7.01. The molecule has 0 saturated carbocycles. The van der Waals surface area contributed by atoms with Crippen LogP contribution in [0.1, 0.15) is 47.3 Å². The highest BCUT2D eigenvalue weighted by atomic mass is 127. The lowest BCUT2D eigenvalue weighted by molar-refractivity contribution is -0.0671. The smallest absolute Gasteiger partial charge is 0.194 e. The summed E-state index contributed by atoms with van der Waals surface area (Å²) in [4.78, 5) is 6.92. The summed E-state index contributed by atoms with van der Waals surface area (Å²) < 4.78 is 5.31. The van der Waals surface area contributed by atoms with Crippen molar-refractivity contribution in [2.45, 2.75) is 52.7 Å². The number of guanidine groups is 1. The Morgan fingerprint density at radius 2 is 2.09 bits per heavy atom. The number of aliphatic imine (C=N–C) groups is 1. The Hall–Kier alpha value is -0.760. The van der Waals surface area contributed by atoms with Crippen LogP contribution in [0.15, 0.2) is 27.8 Å². The standard InChI is InChI=1S/C17H29N3O2.HI/c1-7-18-14(20-12-15(2,3)16(20,4)5)19-11-17(6,21)13-9-8-10-22-13;/h8-10,21H,7,11-12H2,1-6H3,(H,18,19);1H. The van der Waals surface area contributed by atoms with Crippen LogP contribution in [0.5, 0.6) is 0 Å². The van der Waals surface area contributed by atoms with Crippen LogP contribution >= 0.6 is 24.0 Å². The molecule has 1 aromatic rings. The number of halogens is 1. The topological polar surface area (TPSA) is 61.0 Å². The maximum Gasteiger partial charge on any atom is 0.194 e. The summed E-state index contributed by atoms with van der Waals surface area (Å²) in [6.07, 6.45) is 1.57. The molecule has 1 aliphatic heterocycles. The summed E-state index contributed by atoms with van der Waals surface area (Å²) in [5.74, 6) is 1.38. The Labute approximate surface area is 156 Å². The summed E-state index contributed by atoms with van der Waals surface area (Å²) in [6, 6.07) is 3.55. The molecule has 2 N–H and O–H groups in total. The van der Waals surface area contributed by atoms with Crippen molar-refractivity contribution in [2.75, 3.05) is 19.6 Å². The zero-order valence-electron chi connectivity index (χ0n) is 15.0. The second-order valence-electron chi connectivity index (χ2n) is 7.45. The van der Waals surface area contributed by atoms with Gasteiger partial charge in [0, 0.05) is 24.0 Å². The number of nitrogens with one attached hydrogen (secondary N) is 1. The van der Waals surface area contributed by atoms with Gasteiger partial charge in [-0.1, -0.05) is 13.8 Å². The summed E-state index contributed by atoms with van der Waals surface area (Å²) in [6.45, 7) is 14.8. The molecule has 1 saturated heterocycles. The van der Waals surface area contributed by atoms with E-state index in [1.165, 1.54) is 0 Å². The Bertz CT molecular complexity index is 536. The largest absolute Gasteiger partial charge is 0.466 e. The molecule has 1 aromatic heterocycles. The first-order valence-corrected chi connectivity index (χ1v) is 7.94. The molecular weight excluding hydrogens is 405 g/mol. The molecule has 0 amide bonds. The third-order valence-corrected chi connectivity index (χ3v) is 5.06. The Morgan fingerprint density at radius 1 is 1.43 bits per heavy atom. The van der Waals surface area contributed by atoms with Gasteiger partial charge in [0.1, 0.15) is 11.4 Å². The average molecular weight is 435 g/mol. The lowest BCUT2D eigenvalue weighted by Gasteiger charge is -2.62. The molecular formula is C17H30IN3O2. The van der Waals surface area contributed by atoms with E-state index in [-0.39, 0.29) is 41.5 Å². The Morgan fingerprint density at radius 3 is 2.52 bits per heavy atom. The van der Waals surface area contributed by atoms with Crippen LogP contribution in [-0.2, 0) is 5.60 Å². The number of hydrogen-bond acceptors (Lipinski definition) is 3. The van der Waals surface area contributed by atoms with E-state index in [0.717, 1.165) is 19.0 Å². The molecule has 0 bridgehead atoms. The van der Waals surface area contributed by atoms with Gasteiger partial charge in [0.25, 0.3) is 0 Å². The highest BCUT2D eigenvalue weighted by molar-refractivity contribution is 14.0. The van der Waals surface area contributed by atoms with Crippen LogP contribution in [0, 0.1) is 5.41 Å². The minimum atomic E-state index is -1.10. The fraction of sp³-hybridized carbons (Fsp3) is 0.706. The molecule has 1 unspecified atom stereocenters. The van der Waals surface area contributed by atoms with Gasteiger partial charge in [0.15, 0.2) is 5.96 Å². The minimum Gasteiger partial charge on any atom is -0.466 e. The van der Waals surface area contributed by atoms with E-state index in [4.69, 9.17) is 4.42 Å². The fourth-order valence-corrected chi connectivity index (χ4v) is 2.69. The fourth-order valence-electron chi connectivity index (χ4n) is 2.69. The molecule has 1 fully saturated rings. The van der Waals surface area contributed by atoms with E-state index in [1.54, 1.807) is 25.3 Å². The van der Waals surface area contributed by atoms with Gasteiger partial charge in [-0.15, -0.1) is 24.0 Å². The number of aliphatic hydroxyl groups is 1. The molecule has 1 aliphatic rings. The van der Waals surface area contributed by atoms with Gasteiger partial charge in [0.05, 0.1) is 12.8 Å². The first-order chi connectivity index (χ1) is 10.1. The van der Waals surface area contributed by atoms with E-state index in [9.17, 15) is 5.11 Å². The van der Waals surface area contributed by atoms with E-state index < -0.39 is 5.60 Å². The van der Waals surface area contributed by atoms with Gasteiger partial charge in [-0.3, -0.25) is 0 Å². The van der Waals surface area contributed by atoms with Crippen molar-refractivity contribution in [3.63, 3.8) is 0 Å². The quantitative estimate of drug-likeness (QED) is 0.433. The van der Waals surface area contributed by atoms with Gasteiger partial charge in [-0.25, -0.2) is 4.99 Å². The summed E-state index contributed by atoms with van der Waals surface area (Å²) in [7, 11) is 0. The molecule has 2 heterocycles. The van der Waals surface area contributed by atoms with Crippen LogP contribution in [0.3, 0.4) is 0 Å². The lowest BCUT2D eigenvalue weighted by Crippen LogP contribution is -2.72. The molecule has 0 spiro atoms. The normalized spacial score (nSPS) is 21.9. The second-order valence-corrected chi connectivity index (χ2v) is 7.45. The number of likely N-dealkylation sites (tertiary alicyclic amines) is 1. The maximum absolute atomic E-state index is 10.5. The van der Waals surface area contributed by atoms with Crippen LogP contribution in [-0.4, -0.2) is 41.1 Å². The van der Waals surface area contributed by atoms with Gasteiger partial charge in [-0.2, -0.15) is 0 Å². The lowest BCUT2D eigenvalue weighted by atomic mass is 9.65. The highest BCUT2D eigenvalue weighted by Crippen LogP contribution is 2.46. The predicted octanol–water partition coefficient (Wildman–Crippen LogP) is 3.19. The average Bonchev–Trinajstić information content (AvgIpc) is 2.96. The van der Waals surface area contributed by atoms with Crippen molar-refractivity contribution < 1.29 is 9.52 Å². The van der Waals surface area contributed by atoms with Crippen LogP contribution < -0.4 is 5.32 Å².